The molecule has 7 heteroatoms. The minimum Gasteiger partial charge on any atom is -0.381 e. The van der Waals surface area contributed by atoms with Crippen LogP contribution in [0.15, 0.2) is 48.8 Å². The Morgan fingerprint density at radius 3 is 2.75 bits per heavy atom. The van der Waals surface area contributed by atoms with Gasteiger partial charge in [0.25, 0.3) is 5.91 Å². The van der Waals surface area contributed by atoms with Gasteiger partial charge in [0.2, 0.25) is 5.91 Å². The number of anilines is 1. The molecule has 2 saturated heterocycles. The maximum atomic E-state index is 13.1. The highest BCUT2D eigenvalue weighted by molar-refractivity contribution is 6.30. The summed E-state index contributed by atoms with van der Waals surface area (Å²) in [4.78, 5) is 32.0. The standard InChI is InChI=1S/C21H22ClN3O3/c22-16-4-1-3-15(11-16)20(27)25-13-18(21(14-25)6-9-28-10-7-21)19(26)24-17-5-2-8-23-12-17/h1-5,8,11-12,18H,6-7,9-10,13-14H2,(H,24,26). The number of halogens is 1. The van der Waals surface area contributed by atoms with Gasteiger partial charge in [0.05, 0.1) is 17.8 Å². The van der Waals surface area contributed by atoms with E-state index in [4.69, 9.17) is 16.3 Å². The third kappa shape index (κ3) is 3.75. The molecule has 2 fully saturated rings. The predicted molar refractivity (Wildman–Crippen MR) is 106 cm³/mol. The average Bonchev–Trinajstić information content (AvgIpc) is 3.07. The Balaban J connectivity index is 1.57. The number of benzene rings is 1. The molecule has 2 aliphatic rings. The Bertz CT molecular complexity index is 868. The third-order valence-electron chi connectivity index (χ3n) is 5.74. The number of likely N-dealkylation sites (tertiary alicyclic amines) is 1. The lowest BCUT2D eigenvalue weighted by Crippen LogP contribution is -2.42. The number of rotatable bonds is 3. The van der Waals surface area contributed by atoms with E-state index in [1.54, 1.807) is 47.6 Å². The Kier molecular flexibility index (Phi) is 5.33. The van der Waals surface area contributed by atoms with Gasteiger partial charge < -0.3 is 15.0 Å². The van der Waals surface area contributed by atoms with Gasteiger partial charge >= 0.3 is 0 Å². The quantitative estimate of drug-likeness (QED) is 0.860. The maximum Gasteiger partial charge on any atom is 0.253 e. The monoisotopic (exact) mass is 399 g/mol. The minimum absolute atomic E-state index is 0.0729. The Hall–Kier alpha value is -2.44. The minimum atomic E-state index is -0.292. The van der Waals surface area contributed by atoms with Crippen molar-refractivity contribution < 1.29 is 14.3 Å². The highest BCUT2D eigenvalue weighted by Crippen LogP contribution is 2.45. The van der Waals surface area contributed by atoms with Gasteiger partial charge in [-0.05, 0) is 43.2 Å². The summed E-state index contributed by atoms with van der Waals surface area (Å²) in [7, 11) is 0. The number of hydrogen-bond acceptors (Lipinski definition) is 4. The largest absolute Gasteiger partial charge is 0.381 e. The summed E-state index contributed by atoms with van der Waals surface area (Å²) in [6.07, 6.45) is 4.81. The van der Waals surface area contributed by atoms with Crippen molar-refractivity contribution in [2.75, 3.05) is 31.6 Å². The van der Waals surface area contributed by atoms with Gasteiger partial charge in [0.15, 0.2) is 0 Å². The Morgan fingerprint density at radius 1 is 1.21 bits per heavy atom. The highest BCUT2D eigenvalue weighted by atomic mass is 35.5. The van der Waals surface area contributed by atoms with E-state index in [0.29, 0.717) is 42.6 Å². The van der Waals surface area contributed by atoms with Crippen LogP contribution in [0.3, 0.4) is 0 Å². The van der Waals surface area contributed by atoms with Gasteiger partial charge in [-0.3, -0.25) is 14.6 Å². The summed E-state index contributed by atoms with van der Waals surface area (Å²) in [6.45, 7) is 2.15. The van der Waals surface area contributed by atoms with Gasteiger partial charge in [-0.15, -0.1) is 0 Å². The lowest BCUT2D eigenvalue weighted by molar-refractivity contribution is -0.124. The second-order valence-electron chi connectivity index (χ2n) is 7.45. The number of pyridine rings is 1. The molecule has 0 saturated carbocycles. The zero-order valence-corrected chi connectivity index (χ0v) is 16.2. The molecule has 1 aromatic carbocycles. The lowest BCUT2D eigenvalue weighted by Gasteiger charge is -2.37. The van der Waals surface area contributed by atoms with Crippen molar-refractivity contribution in [1.29, 1.82) is 0 Å². The zero-order chi connectivity index (χ0) is 19.6. The number of ether oxygens (including phenoxy) is 1. The van der Waals surface area contributed by atoms with E-state index in [2.05, 4.69) is 10.3 Å². The van der Waals surface area contributed by atoms with E-state index < -0.39 is 0 Å². The molecule has 1 unspecified atom stereocenters. The van der Waals surface area contributed by atoms with E-state index in [1.807, 2.05) is 6.07 Å². The summed E-state index contributed by atoms with van der Waals surface area (Å²) >= 11 is 6.05. The first-order valence-corrected chi connectivity index (χ1v) is 9.79. The first-order chi connectivity index (χ1) is 13.6. The van der Waals surface area contributed by atoms with Crippen LogP contribution in [0.5, 0.6) is 0 Å². The molecule has 1 aromatic heterocycles. The number of hydrogen-bond donors (Lipinski definition) is 1. The molecule has 2 amide bonds. The third-order valence-corrected chi connectivity index (χ3v) is 5.98. The fraction of sp³-hybridized carbons (Fsp3) is 0.381. The smallest absolute Gasteiger partial charge is 0.253 e. The van der Waals surface area contributed by atoms with Crippen molar-refractivity contribution in [1.82, 2.24) is 9.88 Å². The second kappa shape index (κ2) is 7.89. The summed E-state index contributed by atoms with van der Waals surface area (Å²) in [5.74, 6) is -0.457. The van der Waals surface area contributed by atoms with Crippen molar-refractivity contribution in [3.63, 3.8) is 0 Å². The number of carbonyl (C=O) groups excluding carboxylic acids is 2. The van der Waals surface area contributed by atoms with E-state index in [1.165, 1.54) is 0 Å². The molecular weight excluding hydrogens is 378 g/mol. The molecule has 3 heterocycles. The van der Waals surface area contributed by atoms with Crippen molar-refractivity contribution in [2.45, 2.75) is 12.8 Å². The van der Waals surface area contributed by atoms with Crippen molar-refractivity contribution in [2.24, 2.45) is 11.3 Å². The maximum absolute atomic E-state index is 13.1. The molecule has 4 rings (SSSR count). The fourth-order valence-electron chi connectivity index (χ4n) is 4.24. The van der Waals surface area contributed by atoms with Crippen LogP contribution >= 0.6 is 11.6 Å². The topological polar surface area (TPSA) is 71.5 Å². The number of aromatic nitrogens is 1. The van der Waals surface area contributed by atoms with Gasteiger partial charge in [0, 0.05) is 48.5 Å². The van der Waals surface area contributed by atoms with Gasteiger partial charge in [-0.2, -0.15) is 0 Å². The molecule has 28 heavy (non-hydrogen) atoms. The van der Waals surface area contributed by atoms with Crippen LogP contribution in [0, 0.1) is 11.3 Å². The van der Waals surface area contributed by atoms with Crippen LogP contribution in [0.25, 0.3) is 0 Å². The fourth-order valence-corrected chi connectivity index (χ4v) is 4.43. The molecule has 2 aromatic rings. The molecule has 146 valence electrons. The average molecular weight is 400 g/mol. The summed E-state index contributed by atoms with van der Waals surface area (Å²) in [5, 5.41) is 3.49. The van der Waals surface area contributed by atoms with Crippen LogP contribution < -0.4 is 5.32 Å². The summed E-state index contributed by atoms with van der Waals surface area (Å²) < 4.78 is 5.54. The van der Waals surface area contributed by atoms with E-state index in [-0.39, 0.29) is 23.1 Å². The lowest BCUT2D eigenvalue weighted by atomic mass is 9.71. The summed E-state index contributed by atoms with van der Waals surface area (Å²) in [5.41, 5.74) is 0.941. The summed E-state index contributed by atoms with van der Waals surface area (Å²) in [6, 6.07) is 10.5. The predicted octanol–water partition coefficient (Wildman–Crippen LogP) is 3.24. The van der Waals surface area contributed by atoms with E-state index in [9.17, 15) is 9.59 Å². The second-order valence-corrected chi connectivity index (χ2v) is 7.89. The Labute approximate surface area is 168 Å². The van der Waals surface area contributed by atoms with Crippen LogP contribution in [-0.2, 0) is 9.53 Å². The molecular formula is C21H22ClN3O3. The van der Waals surface area contributed by atoms with E-state index in [0.717, 1.165) is 12.8 Å². The molecule has 0 bridgehead atoms. The van der Waals surface area contributed by atoms with Crippen LogP contribution in [0.1, 0.15) is 23.2 Å². The van der Waals surface area contributed by atoms with Crippen molar-refractivity contribution >= 4 is 29.1 Å². The van der Waals surface area contributed by atoms with Gasteiger partial charge in [-0.25, -0.2) is 0 Å². The molecule has 0 radical (unpaired) electrons. The molecule has 1 spiro atoms. The van der Waals surface area contributed by atoms with Crippen LogP contribution in [0.4, 0.5) is 5.69 Å². The number of amides is 2. The molecule has 6 nitrogen and oxygen atoms in total. The number of nitrogens with zero attached hydrogens (tertiary/aromatic N) is 2. The zero-order valence-electron chi connectivity index (χ0n) is 15.4. The Morgan fingerprint density at radius 2 is 2.04 bits per heavy atom. The number of nitrogens with one attached hydrogen (secondary N) is 1. The molecule has 1 atom stereocenters. The number of carbonyl (C=O) groups is 2. The van der Waals surface area contributed by atoms with Crippen LogP contribution in [0.2, 0.25) is 5.02 Å². The molecule has 0 aliphatic carbocycles. The highest BCUT2D eigenvalue weighted by Gasteiger charge is 2.51. The van der Waals surface area contributed by atoms with Crippen LogP contribution in [-0.4, -0.2) is 48.0 Å². The van der Waals surface area contributed by atoms with Crippen molar-refractivity contribution in [3.8, 4) is 0 Å². The first-order valence-electron chi connectivity index (χ1n) is 9.41. The molecule has 2 aliphatic heterocycles. The molecule has 1 N–H and O–H groups in total. The first kappa shape index (κ1) is 18.9. The van der Waals surface area contributed by atoms with E-state index >= 15 is 0 Å². The van der Waals surface area contributed by atoms with Gasteiger partial charge in [-0.1, -0.05) is 17.7 Å². The van der Waals surface area contributed by atoms with Crippen molar-refractivity contribution in [3.05, 3.63) is 59.4 Å². The van der Waals surface area contributed by atoms with Gasteiger partial charge in [0.1, 0.15) is 0 Å². The normalized spacial score (nSPS) is 20.9. The SMILES string of the molecule is O=C(Nc1cccnc1)C1CN(C(=O)c2cccc(Cl)c2)CC12CCOCC2.